The summed E-state index contributed by atoms with van der Waals surface area (Å²) in [5.41, 5.74) is 1.50. The van der Waals surface area contributed by atoms with Gasteiger partial charge >= 0.3 is 100 Å². The topological polar surface area (TPSA) is 0 Å². The van der Waals surface area contributed by atoms with E-state index in [4.69, 9.17) is 0 Å². The number of benzene rings is 2. The minimum absolute atomic E-state index is 0.390. The molecule has 14 heavy (non-hydrogen) atoms. The Kier molecular flexibility index (Phi) is 2.62. The normalized spacial score (nSPS) is 11.9. The molecule has 2 rings (SSSR count). The van der Waals surface area contributed by atoms with E-state index in [9.17, 15) is 0 Å². The van der Waals surface area contributed by atoms with Crippen molar-refractivity contribution in [1.29, 1.82) is 0 Å². The summed E-state index contributed by atoms with van der Waals surface area (Å²) in [7, 11) is 0. The van der Waals surface area contributed by atoms with Crippen LogP contribution < -0.4 is 0 Å². The Balaban J connectivity index is 2.78. The van der Waals surface area contributed by atoms with Crippen LogP contribution in [0.15, 0.2) is 42.5 Å². The number of fused-ring (bicyclic) bond motifs is 1. The van der Waals surface area contributed by atoms with Crippen LogP contribution in [0.3, 0.4) is 0 Å². The van der Waals surface area contributed by atoms with Crippen molar-refractivity contribution < 1.29 is 0 Å². The van der Waals surface area contributed by atoms with Gasteiger partial charge < -0.3 is 0 Å². The maximum atomic E-state index is 2.33. The minimum atomic E-state index is 0.390. The van der Waals surface area contributed by atoms with E-state index >= 15 is 0 Å². The van der Waals surface area contributed by atoms with Gasteiger partial charge in [-0.3, -0.25) is 0 Å². The Morgan fingerprint density at radius 2 is 1.57 bits per heavy atom. The fourth-order valence-electron chi connectivity index (χ4n) is 1.79. The Labute approximate surface area is 100 Å². The van der Waals surface area contributed by atoms with Crippen molar-refractivity contribution in [2.75, 3.05) is 0 Å². The van der Waals surface area contributed by atoms with Crippen LogP contribution in [0.1, 0.15) is 19.4 Å². The van der Waals surface area contributed by atoms with Crippen LogP contribution in [0, 0.1) is 0 Å². The Morgan fingerprint density at radius 3 is 2.29 bits per heavy atom. The maximum absolute atomic E-state index is 2.33. The predicted molar refractivity (Wildman–Crippen MR) is 65.5 cm³/mol. The van der Waals surface area contributed by atoms with Gasteiger partial charge in [0.2, 0.25) is 0 Å². The van der Waals surface area contributed by atoms with E-state index in [1.807, 2.05) is 0 Å². The molecule has 72 valence electrons. The van der Waals surface area contributed by atoms with Gasteiger partial charge in [-0.25, -0.2) is 0 Å². The Hall–Kier alpha value is -0.417. The van der Waals surface area contributed by atoms with Crippen LogP contribution in [-0.4, -0.2) is 24.7 Å². The average molecular weight is 380 g/mol. The molecule has 0 amide bonds. The first-order valence-corrected chi connectivity index (χ1v) is 7.10. The first kappa shape index (κ1) is 10.1. The summed E-state index contributed by atoms with van der Waals surface area (Å²) in [5.74, 6) is 0. The zero-order valence-corrected chi connectivity index (χ0v) is 13.1. The van der Waals surface area contributed by atoms with Crippen molar-refractivity contribution >= 4 is 35.5 Å². The zero-order valence-electron chi connectivity index (χ0n) is 8.62. The fraction of sp³-hybridized carbons (Fsp3) is 0.231. The first-order valence-electron chi connectivity index (χ1n) is 4.86. The van der Waals surface area contributed by atoms with Crippen molar-refractivity contribution in [3.05, 3.63) is 48.0 Å². The van der Waals surface area contributed by atoms with Gasteiger partial charge in [-0.2, -0.15) is 0 Å². The molecule has 1 heteroatoms. The molecule has 2 aromatic carbocycles. The van der Waals surface area contributed by atoms with Gasteiger partial charge in [0.25, 0.3) is 0 Å². The van der Waals surface area contributed by atoms with Crippen molar-refractivity contribution in [3.63, 3.8) is 0 Å². The molecule has 0 spiro atoms. The van der Waals surface area contributed by atoms with Crippen molar-refractivity contribution in [1.82, 2.24) is 0 Å². The standard InChI is InChI=1S/C13H13.Bi.2H/c1-10(2)12-9-5-7-11-6-3-4-8-13(11)12;;;/h3-9H,1-2H3;;;. The molecule has 0 aliphatic heterocycles. The molecule has 0 aromatic heterocycles. The van der Waals surface area contributed by atoms with E-state index in [-0.39, 0.29) is 0 Å². The number of hydrogen-bond donors (Lipinski definition) is 0. The second-order valence-electron chi connectivity index (χ2n) is 4.25. The third kappa shape index (κ3) is 1.84. The second-order valence-corrected chi connectivity index (χ2v) is 9.86. The van der Waals surface area contributed by atoms with E-state index in [2.05, 4.69) is 56.3 Å². The van der Waals surface area contributed by atoms with Crippen LogP contribution in [0.25, 0.3) is 10.8 Å². The molecule has 0 saturated carbocycles. The molecular formula is C13H15Bi. The van der Waals surface area contributed by atoms with Gasteiger partial charge in [-0.15, -0.1) is 0 Å². The number of hydrogen-bond acceptors (Lipinski definition) is 0. The van der Waals surface area contributed by atoms with E-state index in [1.54, 1.807) is 0 Å². The van der Waals surface area contributed by atoms with Crippen molar-refractivity contribution in [3.8, 4) is 0 Å². The van der Waals surface area contributed by atoms with Crippen LogP contribution in [-0.2, 0) is 3.12 Å². The SMILES string of the molecule is C[C](C)([BiH2])c1cccc2ccccc12. The second kappa shape index (κ2) is 3.62. The van der Waals surface area contributed by atoms with Crippen LogP contribution in [0.2, 0.25) is 0 Å². The zero-order chi connectivity index (χ0) is 10.2. The third-order valence-corrected chi connectivity index (χ3v) is 3.69. The van der Waals surface area contributed by atoms with Gasteiger partial charge in [-0.05, 0) is 0 Å². The molecule has 0 aliphatic carbocycles. The Morgan fingerprint density at radius 1 is 0.929 bits per heavy atom. The van der Waals surface area contributed by atoms with Crippen LogP contribution in [0.5, 0.6) is 0 Å². The summed E-state index contributed by atoms with van der Waals surface area (Å²) in [4.78, 5) is 0. The molecule has 2 aromatic rings. The van der Waals surface area contributed by atoms with Gasteiger partial charge in [-0.1, -0.05) is 0 Å². The van der Waals surface area contributed by atoms with Crippen molar-refractivity contribution in [2.24, 2.45) is 0 Å². The van der Waals surface area contributed by atoms with Gasteiger partial charge in [0.1, 0.15) is 0 Å². The fourth-order valence-corrected chi connectivity index (χ4v) is 2.77. The molecule has 0 heterocycles. The molecule has 0 bridgehead atoms. The average Bonchev–Trinajstić information content (AvgIpc) is 2.15. The quantitative estimate of drug-likeness (QED) is 0.668. The summed E-state index contributed by atoms with van der Waals surface area (Å²) in [6, 6.07) is 15.3. The van der Waals surface area contributed by atoms with Gasteiger partial charge in [0.15, 0.2) is 0 Å². The molecular weight excluding hydrogens is 365 g/mol. The van der Waals surface area contributed by atoms with Gasteiger partial charge in [0.05, 0.1) is 0 Å². The van der Waals surface area contributed by atoms with Crippen molar-refractivity contribution in [2.45, 2.75) is 17.0 Å². The summed E-state index contributed by atoms with van der Waals surface area (Å²) >= 11 is 0.971. The van der Waals surface area contributed by atoms with Gasteiger partial charge in [0, 0.05) is 0 Å². The molecule has 0 N–H and O–H groups in total. The summed E-state index contributed by atoms with van der Waals surface area (Å²) in [6.45, 7) is 4.67. The van der Waals surface area contributed by atoms with E-state index in [0.29, 0.717) is 3.12 Å². The molecule has 0 nitrogen and oxygen atoms in total. The summed E-state index contributed by atoms with van der Waals surface area (Å²) in [6.07, 6.45) is 0. The van der Waals surface area contributed by atoms with Crippen LogP contribution in [0.4, 0.5) is 0 Å². The molecule has 0 atom stereocenters. The molecule has 0 aliphatic rings. The molecule has 0 fully saturated rings. The van der Waals surface area contributed by atoms with E-state index < -0.39 is 0 Å². The number of rotatable bonds is 1. The van der Waals surface area contributed by atoms with E-state index in [1.165, 1.54) is 16.3 Å². The Bertz CT molecular complexity index is 447. The van der Waals surface area contributed by atoms with E-state index in [0.717, 1.165) is 24.7 Å². The molecule has 0 saturated heterocycles. The molecule has 0 radical (unpaired) electrons. The third-order valence-electron chi connectivity index (χ3n) is 2.48. The first-order chi connectivity index (χ1) is 6.59. The van der Waals surface area contributed by atoms with Crippen LogP contribution >= 0.6 is 0 Å². The predicted octanol–water partition coefficient (Wildman–Crippen LogP) is 2.71. The summed E-state index contributed by atoms with van der Waals surface area (Å²) < 4.78 is 0.390. The monoisotopic (exact) mass is 380 g/mol. The molecule has 0 unspecified atom stereocenters. The summed E-state index contributed by atoms with van der Waals surface area (Å²) in [5, 5.41) is 2.78.